The van der Waals surface area contributed by atoms with Crippen molar-refractivity contribution in [3.8, 4) is 5.88 Å². The molecule has 0 amide bonds. The third kappa shape index (κ3) is 7.90. The molecule has 3 fully saturated rings. The molecule has 0 radical (unpaired) electrons. The molecule has 4 heterocycles. The van der Waals surface area contributed by atoms with E-state index in [1.165, 1.54) is 12.1 Å². The van der Waals surface area contributed by atoms with Gasteiger partial charge in [0.05, 0.1) is 25.1 Å². The Labute approximate surface area is 284 Å². The van der Waals surface area contributed by atoms with Crippen LogP contribution < -0.4 is 25.6 Å². The summed E-state index contributed by atoms with van der Waals surface area (Å²) in [7, 11) is 0. The van der Waals surface area contributed by atoms with Crippen molar-refractivity contribution in [3.05, 3.63) is 53.3 Å². The number of hydrogen-bond acceptors (Lipinski definition) is 10. The average Bonchev–Trinajstić information content (AvgIpc) is 3.47. The number of anilines is 3. The van der Waals surface area contributed by atoms with Gasteiger partial charge in [-0.2, -0.15) is 23.1 Å². The van der Waals surface area contributed by atoms with Gasteiger partial charge in [-0.3, -0.25) is 4.79 Å². The van der Waals surface area contributed by atoms with Crippen molar-refractivity contribution in [1.29, 1.82) is 0 Å². The monoisotopic (exact) mass is 686 g/mol. The van der Waals surface area contributed by atoms with Gasteiger partial charge in [0, 0.05) is 56.5 Å². The van der Waals surface area contributed by atoms with Crippen molar-refractivity contribution >= 4 is 29.0 Å². The molecule has 49 heavy (non-hydrogen) atoms. The van der Waals surface area contributed by atoms with Crippen LogP contribution in [0.1, 0.15) is 63.7 Å². The van der Waals surface area contributed by atoms with E-state index in [1.807, 2.05) is 41.9 Å². The molecule has 11 nitrogen and oxygen atoms in total. The van der Waals surface area contributed by atoms with Crippen LogP contribution in [0.3, 0.4) is 0 Å². The molecule has 1 aromatic carbocycles. The number of nitrogens with one attached hydrogen (secondary N) is 1. The largest absolute Gasteiger partial charge is 0.495 e. The van der Waals surface area contributed by atoms with Gasteiger partial charge in [-0.05, 0) is 67.7 Å². The van der Waals surface area contributed by atoms with Crippen molar-refractivity contribution in [3.63, 3.8) is 0 Å². The highest BCUT2D eigenvalue weighted by atomic mass is 19.4. The number of rotatable bonds is 9. The molecule has 1 aliphatic carbocycles. The van der Waals surface area contributed by atoms with E-state index in [1.54, 1.807) is 6.07 Å². The van der Waals surface area contributed by atoms with Gasteiger partial charge in [0.25, 0.3) is 0 Å². The smallest absolute Gasteiger partial charge is 0.429 e. The number of nitrogens with two attached hydrogens (primary N) is 1. The number of alkyl halides is 3. The van der Waals surface area contributed by atoms with Crippen LogP contribution >= 0.6 is 0 Å². The van der Waals surface area contributed by atoms with E-state index in [4.69, 9.17) is 19.9 Å². The predicted molar refractivity (Wildman–Crippen MR) is 179 cm³/mol. The quantitative estimate of drug-likeness (QED) is 0.316. The zero-order valence-corrected chi connectivity index (χ0v) is 28.1. The van der Waals surface area contributed by atoms with Gasteiger partial charge in [0.2, 0.25) is 17.9 Å². The van der Waals surface area contributed by atoms with Crippen molar-refractivity contribution in [1.82, 2.24) is 15.3 Å². The summed E-state index contributed by atoms with van der Waals surface area (Å²) in [5.74, 6) is 0.0259. The van der Waals surface area contributed by atoms with E-state index in [-0.39, 0.29) is 34.8 Å². The van der Waals surface area contributed by atoms with Crippen LogP contribution in [0.5, 0.6) is 5.88 Å². The SMILES string of the molecule is CC(C)OC1=CC=C(c2ccc([C@@H](Oc3cc(N4CCC5(CC4)CN[C@H](C(=O)O)C5)nc(N)n3)C(F)(F)F)c(N3CCOCC3)c2)C(C)C1. The molecular formula is C35H45F3N6O5. The molecule has 266 valence electrons. The number of halogens is 3. The molecular weight excluding hydrogens is 641 g/mol. The van der Waals surface area contributed by atoms with Gasteiger partial charge in [-0.1, -0.05) is 25.1 Å². The lowest BCUT2D eigenvalue weighted by Gasteiger charge is -2.39. The number of nitrogens with zero attached hydrogens (tertiary/aromatic N) is 4. The maximum absolute atomic E-state index is 15.0. The minimum atomic E-state index is -4.78. The number of hydrogen-bond donors (Lipinski definition) is 3. The Morgan fingerprint density at radius 3 is 2.45 bits per heavy atom. The van der Waals surface area contributed by atoms with Crippen LogP contribution in [-0.4, -0.2) is 85.3 Å². The lowest BCUT2D eigenvalue weighted by Crippen LogP contribution is -2.41. The van der Waals surface area contributed by atoms with Crippen LogP contribution in [0.2, 0.25) is 0 Å². The van der Waals surface area contributed by atoms with Crippen LogP contribution in [-0.2, 0) is 14.3 Å². The number of ether oxygens (including phenoxy) is 3. The highest BCUT2D eigenvalue weighted by Crippen LogP contribution is 2.44. The fourth-order valence-electron chi connectivity index (χ4n) is 7.38. The molecule has 0 bridgehead atoms. The molecule has 4 N–H and O–H groups in total. The second-order valence-corrected chi connectivity index (χ2v) is 13.8. The maximum Gasteiger partial charge on any atom is 0.429 e. The van der Waals surface area contributed by atoms with Gasteiger partial charge in [-0.15, -0.1) is 0 Å². The van der Waals surface area contributed by atoms with E-state index >= 15 is 0 Å². The van der Waals surface area contributed by atoms with Gasteiger partial charge in [0.1, 0.15) is 11.9 Å². The maximum atomic E-state index is 15.0. The topological polar surface area (TPSA) is 135 Å². The van der Waals surface area contributed by atoms with Crippen molar-refractivity contribution in [2.45, 2.75) is 70.9 Å². The lowest BCUT2D eigenvalue weighted by molar-refractivity contribution is -0.198. The molecule has 6 rings (SSSR count). The first kappa shape index (κ1) is 34.8. The van der Waals surface area contributed by atoms with Crippen molar-refractivity contribution in [2.75, 3.05) is 61.5 Å². The number of aliphatic carboxylic acids is 1. The molecule has 3 saturated heterocycles. The van der Waals surface area contributed by atoms with E-state index in [0.29, 0.717) is 83.1 Å². The summed E-state index contributed by atoms with van der Waals surface area (Å²) in [6, 6.07) is 5.88. The van der Waals surface area contributed by atoms with Crippen LogP contribution in [0.15, 0.2) is 42.2 Å². The molecule has 1 unspecified atom stereocenters. The predicted octanol–water partition coefficient (Wildman–Crippen LogP) is 5.34. The first-order valence-electron chi connectivity index (χ1n) is 16.9. The number of carbonyl (C=O) groups is 1. The Bertz CT molecular complexity index is 1580. The third-order valence-corrected chi connectivity index (χ3v) is 9.92. The Morgan fingerprint density at radius 1 is 1.08 bits per heavy atom. The number of carboxylic acid groups (broad SMARTS) is 1. The van der Waals surface area contributed by atoms with Gasteiger partial charge >= 0.3 is 12.1 Å². The Kier molecular flexibility index (Phi) is 9.99. The molecule has 1 spiro atoms. The van der Waals surface area contributed by atoms with E-state index in [2.05, 4.69) is 22.2 Å². The number of piperidine rings is 1. The van der Waals surface area contributed by atoms with Gasteiger partial charge < -0.3 is 40.2 Å². The second-order valence-electron chi connectivity index (χ2n) is 13.8. The minimum absolute atomic E-state index is 0.0260. The molecule has 1 aromatic heterocycles. The standard InChI is InChI=1S/C35H45F3N6O5/c1-21(2)48-24-5-7-25(22(3)16-24)23-4-6-26(28(17-23)43-12-14-47-15-13-43)31(35(36,37)38)49-30-18-29(41-33(39)42-30)44-10-8-34(9-11-44)19-27(32(45)46)40-20-34/h4-7,17-18,21-22,27,31,40H,8-16,19-20H2,1-3H3,(H,45,46)(H2,39,41,42)/t22?,27-,31+/m0/s1. The Balaban J connectivity index is 1.28. The Morgan fingerprint density at radius 2 is 1.82 bits per heavy atom. The number of morpholine rings is 1. The van der Waals surface area contributed by atoms with Crippen molar-refractivity contribution < 1.29 is 37.3 Å². The first-order chi connectivity index (χ1) is 23.3. The summed E-state index contributed by atoms with van der Waals surface area (Å²) in [5, 5.41) is 12.5. The summed E-state index contributed by atoms with van der Waals surface area (Å²) in [6.45, 7) is 9.40. The summed E-state index contributed by atoms with van der Waals surface area (Å²) < 4.78 is 62.1. The number of benzene rings is 1. The molecule has 0 saturated carbocycles. The van der Waals surface area contributed by atoms with Crippen LogP contribution in [0.4, 0.5) is 30.6 Å². The summed E-state index contributed by atoms with van der Waals surface area (Å²) in [5.41, 5.74) is 8.14. The minimum Gasteiger partial charge on any atom is -0.495 e. The number of allylic oxidation sites excluding steroid dienone is 4. The van der Waals surface area contributed by atoms with E-state index < -0.39 is 24.3 Å². The Hall–Kier alpha value is -4.04. The van der Waals surface area contributed by atoms with Gasteiger partial charge in [0.15, 0.2) is 0 Å². The normalized spacial score (nSPS) is 23.3. The fraction of sp³-hybridized carbons (Fsp3) is 0.571. The fourth-order valence-corrected chi connectivity index (χ4v) is 7.38. The number of carboxylic acids is 1. The first-order valence-corrected chi connectivity index (χ1v) is 16.9. The second kappa shape index (κ2) is 14.1. The van der Waals surface area contributed by atoms with Crippen LogP contribution in [0.25, 0.3) is 5.57 Å². The average molecular weight is 687 g/mol. The van der Waals surface area contributed by atoms with E-state index in [0.717, 1.165) is 16.9 Å². The molecule has 2 aromatic rings. The lowest BCUT2D eigenvalue weighted by atomic mass is 9.76. The zero-order valence-electron chi connectivity index (χ0n) is 28.1. The molecule has 14 heteroatoms. The highest BCUT2D eigenvalue weighted by Gasteiger charge is 2.46. The summed E-state index contributed by atoms with van der Waals surface area (Å²) >= 11 is 0. The van der Waals surface area contributed by atoms with Crippen LogP contribution in [0, 0.1) is 11.3 Å². The third-order valence-electron chi connectivity index (χ3n) is 9.92. The molecule has 3 aliphatic heterocycles. The summed E-state index contributed by atoms with van der Waals surface area (Å²) in [4.78, 5) is 23.7. The number of aromatic nitrogens is 2. The van der Waals surface area contributed by atoms with Crippen molar-refractivity contribution in [2.24, 2.45) is 11.3 Å². The number of nitrogen functional groups attached to an aromatic ring is 1. The van der Waals surface area contributed by atoms with Gasteiger partial charge in [-0.25, -0.2) is 0 Å². The molecule has 3 atom stereocenters. The highest BCUT2D eigenvalue weighted by molar-refractivity contribution is 5.75. The summed E-state index contributed by atoms with van der Waals surface area (Å²) in [6.07, 6.45) is -0.471. The molecule has 4 aliphatic rings. The van der Waals surface area contributed by atoms with E-state index in [9.17, 15) is 23.1 Å². The zero-order chi connectivity index (χ0) is 34.9.